The fraction of sp³-hybridized carbons (Fsp3) is 0.632. The second-order valence-corrected chi connectivity index (χ2v) is 7.08. The van der Waals surface area contributed by atoms with Gasteiger partial charge >= 0.3 is 6.36 Å². The molecule has 0 N–H and O–H groups in total. The Bertz CT molecular complexity index is 641. The summed E-state index contributed by atoms with van der Waals surface area (Å²) >= 11 is 0. The van der Waals surface area contributed by atoms with Crippen LogP contribution in [0.4, 0.5) is 17.6 Å². The number of carbonyl (C=O) groups excluding carboxylic acids is 1. The summed E-state index contributed by atoms with van der Waals surface area (Å²) in [5.41, 5.74) is 0.374. The lowest BCUT2D eigenvalue weighted by Gasteiger charge is -2.36. The van der Waals surface area contributed by atoms with Crippen molar-refractivity contribution in [2.45, 2.75) is 33.1 Å². The van der Waals surface area contributed by atoms with Crippen LogP contribution in [0.3, 0.4) is 0 Å². The molecule has 0 aromatic heterocycles. The Labute approximate surface area is 157 Å². The number of ketones is 1. The van der Waals surface area contributed by atoms with Gasteiger partial charge in [0.1, 0.15) is 5.78 Å². The molecule has 0 amide bonds. The molecule has 1 fully saturated rings. The van der Waals surface area contributed by atoms with Crippen LogP contribution < -0.4 is 4.74 Å². The van der Waals surface area contributed by atoms with Crippen molar-refractivity contribution in [1.29, 1.82) is 0 Å². The van der Waals surface area contributed by atoms with E-state index in [1.165, 1.54) is 6.07 Å². The van der Waals surface area contributed by atoms with Gasteiger partial charge in [0.05, 0.1) is 5.92 Å². The number of rotatable bonds is 7. The Kier molecular flexibility index (Phi) is 7.22. The van der Waals surface area contributed by atoms with Crippen LogP contribution in [0.1, 0.15) is 32.3 Å². The predicted octanol–water partition coefficient (Wildman–Crippen LogP) is 3.67. The quantitative estimate of drug-likeness (QED) is 0.665. The molecule has 0 bridgehead atoms. The summed E-state index contributed by atoms with van der Waals surface area (Å²) in [6.45, 7) is 10.4. The van der Waals surface area contributed by atoms with E-state index in [2.05, 4.69) is 21.5 Å². The molecule has 27 heavy (non-hydrogen) atoms. The van der Waals surface area contributed by atoms with Crippen LogP contribution in [-0.2, 0) is 4.79 Å². The number of piperazine rings is 1. The third-order valence-corrected chi connectivity index (χ3v) is 4.85. The minimum absolute atomic E-state index is 0.0585. The van der Waals surface area contributed by atoms with Gasteiger partial charge in [0.2, 0.25) is 0 Å². The molecule has 4 nitrogen and oxygen atoms in total. The zero-order valence-corrected chi connectivity index (χ0v) is 15.9. The fourth-order valence-corrected chi connectivity index (χ4v) is 3.25. The third-order valence-electron chi connectivity index (χ3n) is 4.85. The van der Waals surface area contributed by atoms with Crippen LogP contribution in [-0.4, -0.2) is 61.2 Å². The predicted molar refractivity (Wildman–Crippen MR) is 94.2 cm³/mol. The summed E-state index contributed by atoms with van der Waals surface area (Å²) in [5, 5.41) is 0. The first kappa shape index (κ1) is 21.6. The normalized spacial score (nSPS) is 17.9. The summed E-state index contributed by atoms with van der Waals surface area (Å²) in [5.74, 6) is -2.92. The molecule has 1 aliphatic rings. The Balaban J connectivity index is 2.19. The Morgan fingerprint density at radius 2 is 1.74 bits per heavy atom. The molecule has 2 rings (SSSR count). The van der Waals surface area contributed by atoms with E-state index in [-0.39, 0.29) is 11.7 Å². The summed E-state index contributed by atoms with van der Waals surface area (Å²) in [6, 6.07) is 3.26. The van der Waals surface area contributed by atoms with Crippen molar-refractivity contribution >= 4 is 5.78 Å². The lowest BCUT2D eigenvalue weighted by atomic mass is 9.88. The van der Waals surface area contributed by atoms with E-state index in [4.69, 9.17) is 0 Å². The van der Waals surface area contributed by atoms with Gasteiger partial charge < -0.3 is 9.64 Å². The minimum atomic E-state index is -4.96. The highest BCUT2D eigenvalue weighted by Crippen LogP contribution is 2.30. The Hall–Kier alpha value is -1.67. The minimum Gasteiger partial charge on any atom is -0.403 e. The van der Waals surface area contributed by atoms with E-state index < -0.39 is 23.8 Å². The van der Waals surface area contributed by atoms with Gasteiger partial charge in [-0.05, 0) is 24.2 Å². The van der Waals surface area contributed by atoms with E-state index >= 15 is 0 Å². The third kappa shape index (κ3) is 6.17. The number of Topliss-reactive ketones (excluding diaryl/α,β-unsaturated/α-hetero) is 1. The maximum atomic E-state index is 14.1. The summed E-state index contributed by atoms with van der Waals surface area (Å²) in [6.07, 6.45) is -4.96. The first-order valence-electron chi connectivity index (χ1n) is 9.14. The summed E-state index contributed by atoms with van der Waals surface area (Å²) in [7, 11) is 0. The zero-order valence-electron chi connectivity index (χ0n) is 15.9. The lowest BCUT2D eigenvalue weighted by molar-refractivity contribution is -0.275. The average molecular weight is 390 g/mol. The molecule has 0 saturated carbocycles. The van der Waals surface area contributed by atoms with Gasteiger partial charge in [0.25, 0.3) is 0 Å². The monoisotopic (exact) mass is 390 g/mol. The van der Waals surface area contributed by atoms with Crippen LogP contribution in [0.15, 0.2) is 18.2 Å². The van der Waals surface area contributed by atoms with E-state index in [9.17, 15) is 22.4 Å². The Morgan fingerprint density at radius 3 is 2.22 bits per heavy atom. The van der Waals surface area contributed by atoms with Crippen LogP contribution in [0.2, 0.25) is 0 Å². The number of benzene rings is 1. The van der Waals surface area contributed by atoms with Gasteiger partial charge in [-0.3, -0.25) is 9.69 Å². The van der Waals surface area contributed by atoms with Gasteiger partial charge in [-0.2, -0.15) is 0 Å². The molecule has 0 spiro atoms. The van der Waals surface area contributed by atoms with Crippen molar-refractivity contribution in [3.63, 3.8) is 0 Å². The first-order chi connectivity index (χ1) is 12.6. The number of nitrogens with zero attached hydrogens (tertiary/aromatic N) is 2. The number of halogens is 4. The highest BCUT2D eigenvalue weighted by atomic mass is 19.4. The molecular formula is C19H26F4N2O2. The second-order valence-electron chi connectivity index (χ2n) is 7.08. The molecule has 1 aliphatic heterocycles. The molecule has 1 aromatic rings. The molecule has 1 aromatic carbocycles. The van der Waals surface area contributed by atoms with Gasteiger partial charge in [0, 0.05) is 38.6 Å². The van der Waals surface area contributed by atoms with Crippen molar-refractivity contribution in [2.75, 3.05) is 39.3 Å². The fourth-order valence-electron chi connectivity index (χ4n) is 3.25. The van der Waals surface area contributed by atoms with Crippen LogP contribution >= 0.6 is 0 Å². The molecular weight excluding hydrogens is 364 g/mol. The standard InChI is InChI=1S/C19H26F4N2O2/c1-4-24-7-9-25(10-8-24)12-15(18(26)13(2)3)14-5-6-17(16(20)11-14)27-19(21,22)23/h5-6,11,13,15H,4,7-10,12H2,1-3H3/t15-/m0/s1. The Morgan fingerprint density at radius 1 is 1.15 bits per heavy atom. The number of carbonyl (C=O) groups is 1. The van der Waals surface area contributed by atoms with E-state index in [0.29, 0.717) is 12.1 Å². The van der Waals surface area contributed by atoms with Crippen molar-refractivity contribution in [1.82, 2.24) is 9.80 Å². The van der Waals surface area contributed by atoms with Crippen LogP contribution in [0.25, 0.3) is 0 Å². The van der Waals surface area contributed by atoms with Crippen molar-refractivity contribution in [3.05, 3.63) is 29.6 Å². The largest absolute Gasteiger partial charge is 0.573 e. The molecule has 1 saturated heterocycles. The van der Waals surface area contributed by atoms with Crippen LogP contribution in [0.5, 0.6) is 5.75 Å². The van der Waals surface area contributed by atoms with E-state index in [1.807, 2.05) is 0 Å². The zero-order chi connectivity index (χ0) is 20.2. The molecule has 0 radical (unpaired) electrons. The second kappa shape index (κ2) is 9.01. The lowest BCUT2D eigenvalue weighted by Crippen LogP contribution is -2.48. The number of hydrogen-bond donors (Lipinski definition) is 0. The SMILES string of the molecule is CCN1CCN(C[C@H](C(=O)C(C)C)c2ccc(OC(F)(F)F)c(F)c2)CC1. The molecule has 1 atom stereocenters. The van der Waals surface area contributed by atoms with Gasteiger partial charge in [-0.15, -0.1) is 13.2 Å². The topological polar surface area (TPSA) is 32.8 Å². The molecule has 0 unspecified atom stereocenters. The number of likely N-dealkylation sites (N-methyl/N-ethyl adjacent to an activating group) is 1. The van der Waals surface area contributed by atoms with E-state index in [0.717, 1.165) is 44.9 Å². The van der Waals surface area contributed by atoms with E-state index in [1.54, 1.807) is 13.8 Å². The summed E-state index contributed by atoms with van der Waals surface area (Å²) in [4.78, 5) is 17.1. The van der Waals surface area contributed by atoms with Crippen LogP contribution in [0, 0.1) is 11.7 Å². The van der Waals surface area contributed by atoms with Gasteiger partial charge in [0.15, 0.2) is 11.6 Å². The summed E-state index contributed by atoms with van der Waals surface area (Å²) < 4.78 is 54.8. The smallest absolute Gasteiger partial charge is 0.403 e. The van der Waals surface area contributed by atoms with Crippen molar-refractivity contribution in [2.24, 2.45) is 5.92 Å². The highest BCUT2D eigenvalue weighted by molar-refractivity contribution is 5.87. The highest BCUT2D eigenvalue weighted by Gasteiger charge is 2.33. The number of alkyl halides is 3. The molecule has 0 aliphatic carbocycles. The molecule has 152 valence electrons. The maximum Gasteiger partial charge on any atom is 0.573 e. The number of hydrogen-bond acceptors (Lipinski definition) is 4. The van der Waals surface area contributed by atoms with Crippen molar-refractivity contribution < 1.29 is 27.1 Å². The van der Waals surface area contributed by atoms with Gasteiger partial charge in [-0.25, -0.2) is 4.39 Å². The first-order valence-corrected chi connectivity index (χ1v) is 9.14. The maximum absolute atomic E-state index is 14.1. The van der Waals surface area contributed by atoms with Crippen molar-refractivity contribution in [3.8, 4) is 5.75 Å². The molecule has 8 heteroatoms. The number of ether oxygens (including phenoxy) is 1. The van der Waals surface area contributed by atoms with Gasteiger partial charge in [-0.1, -0.05) is 26.8 Å². The molecule has 1 heterocycles. The average Bonchev–Trinajstić information content (AvgIpc) is 2.60.